The van der Waals surface area contributed by atoms with Gasteiger partial charge >= 0.3 is 0 Å². The van der Waals surface area contributed by atoms with E-state index >= 15 is 0 Å². The van der Waals surface area contributed by atoms with Gasteiger partial charge in [-0.25, -0.2) is 8.42 Å². The molecular weight excluding hydrogens is 300 g/mol. The minimum Gasteiger partial charge on any atom is -0.356 e. The number of hydrogen-bond donors (Lipinski definition) is 2. The predicted molar refractivity (Wildman–Crippen MR) is 88.1 cm³/mol. The summed E-state index contributed by atoms with van der Waals surface area (Å²) >= 11 is 0. The number of anilines is 1. The molecule has 6 heteroatoms. The fraction of sp³-hybridized carbons (Fsp3) is 0.562. The third-order valence-electron chi connectivity index (χ3n) is 3.94. The van der Waals surface area contributed by atoms with E-state index in [-0.39, 0.29) is 11.8 Å². The molecule has 1 amide bonds. The van der Waals surface area contributed by atoms with Crippen molar-refractivity contribution in [1.29, 1.82) is 0 Å². The molecule has 22 heavy (non-hydrogen) atoms. The Hall–Kier alpha value is -1.56. The van der Waals surface area contributed by atoms with Crippen LogP contribution in [0.1, 0.15) is 31.7 Å². The fourth-order valence-electron chi connectivity index (χ4n) is 2.43. The maximum absolute atomic E-state index is 11.8. The number of nitrogens with one attached hydrogen (secondary N) is 2. The van der Waals surface area contributed by atoms with Gasteiger partial charge in [0.1, 0.15) is 0 Å². The lowest BCUT2D eigenvalue weighted by Crippen LogP contribution is -2.31. The Morgan fingerprint density at radius 2 is 1.91 bits per heavy atom. The summed E-state index contributed by atoms with van der Waals surface area (Å²) in [5, 5.41) is 2.99. The third-order valence-corrected chi connectivity index (χ3v) is 4.55. The van der Waals surface area contributed by atoms with Gasteiger partial charge in [0.15, 0.2) is 0 Å². The highest BCUT2D eigenvalue weighted by Crippen LogP contribution is 2.36. The monoisotopic (exact) mass is 324 g/mol. The summed E-state index contributed by atoms with van der Waals surface area (Å²) in [7, 11) is -3.23. The van der Waals surface area contributed by atoms with Crippen LogP contribution in [-0.2, 0) is 21.2 Å². The molecule has 0 spiro atoms. The summed E-state index contributed by atoms with van der Waals surface area (Å²) in [5.74, 6) is 0.895. The smallest absolute Gasteiger partial charge is 0.229 e. The van der Waals surface area contributed by atoms with Gasteiger partial charge in [-0.05, 0) is 49.3 Å². The van der Waals surface area contributed by atoms with E-state index in [1.54, 1.807) is 12.1 Å². The molecule has 1 aromatic carbocycles. The summed E-state index contributed by atoms with van der Waals surface area (Å²) < 4.78 is 24.7. The zero-order valence-electron chi connectivity index (χ0n) is 13.1. The van der Waals surface area contributed by atoms with E-state index in [0.717, 1.165) is 24.7 Å². The van der Waals surface area contributed by atoms with Gasteiger partial charge in [-0.2, -0.15) is 0 Å². The molecule has 0 bridgehead atoms. The fourth-order valence-corrected chi connectivity index (χ4v) is 2.99. The first-order valence-corrected chi connectivity index (χ1v) is 9.59. The minimum atomic E-state index is -3.23. The van der Waals surface area contributed by atoms with Crippen molar-refractivity contribution in [3.63, 3.8) is 0 Å². The van der Waals surface area contributed by atoms with Crippen molar-refractivity contribution in [3.8, 4) is 0 Å². The average Bonchev–Trinajstić information content (AvgIpc) is 3.27. The van der Waals surface area contributed by atoms with Crippen molar-refractivity contribution in [3.05, 3.63) is 29.8 Å². The largest absolute Gasteiger partial charge is 0.356 e. The molecule has 2 N–H and O–H groups in total. The molecule has 0 radical (unpaired) electrons. The normalized spacial score (nSPS) is 16.1. The molecule has 122 valence electrons. The van der Waals surface area contributed by atoms with Crippen molar-refractivity contribution in [2.45, 2.75) is 32.6 Å². The molecule has 5 nitrogen and oxygen atoms in total. The first kappa shape index (κ1) is 16.8. The number of aryl methyl sites for hydroxylation is 1. The van der Waals surface area contributed by atoms with Crippen molar-refractivity contribution in [2.24, 2.45) is 11.8 Å². The Balaban J connectivity index is 1.69. The van der Waals surface area contributed by atoms with Crippen LogP contribution < -0.4 is 10.0 Å². The van der Waals surface area contributed by atoms with Crippen molar-refractivity contribution in [2.75, 3.05) is 17.5 Å². The Kier molecular flexibility index (Phi) is 5.45. The lowest BCUT2D eigenvalue weighted by molar-refractivity contribution is -0.125. The summed E-state index contributed by atoms with van der Waals surface area (Å²) in [6, 6.07) is 7.32. The zero-order chi connectivity index (χ0) is 16.2. The van der Waals surface area contributed by atoms with Gasteiger partial charge in [-0.1, -0.05) is 19.1 Å². The van der Waals surface area contributed by atoms with Gasteiger partial charge in [-0.15, -0.1) is 0 Å². The van der Waals surface area contributed by atoms with Crippen LogP contribution >= 0.6 is 0 Å². The van der Waals surface area contributed by atoms with Gasteiger partial charge in [0, 0.05) is 18.2 Å². The zero-order valence-corrected chi connectivity index (χ0v) is 13.9. The van der Waals surface area contributed by atoms with Crippen molar-refractivity contribution < 1.29 is 13.2 Å². The number of carbonyl (C=O) groups is 1. The molecule has 1 atom stereocenters. The molecule has 0 heterocycles. The van der Waals surface area contributed by atoms with Gasteiger partial charge < -0.3 is 5.32 Å². The second-order valence-electron chi connectivity index (χ2n) is 6.09. The number of sulfonamides is 1. The molecular formula is C16H24N2O3S. The van der Waals surface area contributed by atoms with Gasteiger partial charge in [0.2, 0.25) is 15.9 Å². The van der Waals surface area contributed by atoms with Crippen LogP contribution in [0.15, 0.2) is 24.3 Å². The summed E-state index contributed by atoms with van der Waals surface area (Å²) in [5.41, 5.74) is 1.70. The Morgan fingerprint density at radius 3 is 2.45 bits per heavy atom. The number of hydrogen-bond acceptors (Lipinski definition) is 3. The molecule has 0 saturated heterocycles. The first-order chi connectivity index (χ1) is 10.3. The van der Waals surface area contributed by atoms with E-state index in [4.69, 9.17) is 0 Å². The molecule has 0 aromatic heterocycles. The van der Waals surface area contributed by atoms with Gasteiger partial charge in [-0.3, -0.25) is 9.52 Å². The van der Waals surface area contributed by atoms with Crippen LogP contribution in [-0.4, -0.2) is 27.1 Å². The van der Waals surface area contributed by atoms with Crippen molar-refractivity contribution in [1.82, 2.24) is 5.32 Å². The SMILES string of the molecule is CC(C(=O)NCCCc1ccc(NS(C)(=O)=O)cc1)C1CC1. The Morgan fingerprint density at radius 1 is 1.27 bits per heavy atom. The molecule has 1 saturated carbocycles. The second-order valence-corrected chi connectivity index (χ2v) is 7.84. The summed E-state index contributed by atoms with van der Waals surface area (Å²) in [6.07, 6.45) is 5.23. The Bertz CT molecular complexity index is 607. The summed E-state index contributed by atoms with van der Waals surface area (Å²) in [6.45, 7) is 2.68. The van der Waals surface area contributed by atoms with Crippen LogP contribution in [0.5, 0.6) is 0 Å². The highest BCUT2D eigenvalue weighted by Gasteiger charge is 2.32. The standard InChI is InChI=1S/C16H24N2O3S/c1-12(14-7-8-14)16(19)17-11-3-4-13-5-9-15(10-6-13)18-22(2,20)21/h5-6,9-10,12,14,18H,3-4,7-8,11H2,1-2H3,(H,17,19). The third kappa shape index (κ3) is 5.67. The van der Waals surface area contributed by atoms with E-state index in [0.29, 0.717) is 18.2 Å². The van der Waals surface area contributed by atoms with E-state index in [1.807, 2.05) is 19.1 Å². The van der Waals surface area contributed by atoms with E-state index in [9.17, 15) is 13.2 Å². The molecule has 1 fully saturated rings. The summed E-state index contributed by atoms with van der Waals surface area (Å²) in [4.78, 5) is 11.8. The van der Waals surface area contributed by atoms with Crippen LogP contribution in [0.4, 0.5) is 5.69 Å². The molecule has 1 aliphatic rings. The highest BCUT2D eigenvalue weighted by molar-refractivity contribution is 7.92. The van der Waals surface area contributed by atoms with Crippen LogP contribution in [0, 0.1) is 11.8 Å². The van der Waals surface area contributed by atoms with Gasteiger partial charge in [0.05, 0.1) is 6.26 Å². The maximum atomic E-state index is 11.8. The lowest BCUT2D eigenvalue weighted by Gasteiger charge is -2.11. The van der Waals surface area contributed by atoms with E-state index in [1.165, 1.54) is 12.8 Å². The van der Waals surface area contributed by atoms with Crippen LogP contribution in [0.25, 0.3) is 0 Å². The number of rotatable bonds is 8. The van der Waals surface area contributed by atoms with Crippen LogP contribution in [0.3, 0.4) is 0 Å². The van der Waals surface area contributed by atoms with Gasteiger partial charge in [0.25, 0.3) is 0 Å². The minimum absolute atomic E-state index is 0.140. The molecule has 1 unspecified atom stereocenters. The second kappa shape index (κ2) is 7.13. The van der Waals surface area contributed by atoms with E-state index in [2.05, 4.69) is 10.0 Å². The molecule has 1 aromatic rings. The molecule has 0 aliphatic heterocycles. The Labute approximate surface area is 132 Å². The maximum Gasteiger partial charge on any atom is 0.229 e. The van der Waals surface area contributed by atoms with Crippen LogP contribution in [0.2, 0.25) is 0 Å². The van der Waals surface area contributed by atoms with Crippen molar-refractivity contribution >= 4 is 21.6 Å². The topological polar surface area (TPSA) is 75.3 Å². The quantitative estimate of drug-likeness (QED) is 0.720. The highest BCUT2D eigenvalue weighted by atomic mass is 32.2. The lowest BCUT2D eigenvalue weighted by atomic mass is 10.1. The predicted octanol–water partition coefficient (Wildman–Crippen LogP) is 2.15. The number of carbonyl (C=O) groups excluding carboxylic acids is 1. The van der Waals surface area contributed by atoms with E-state index < -0.39 is 10.0 Å². The number of benzene rings is 1. The first-order valence-electron chi connectivity index (χ1n) is 7.69. The number of amides is 1. The molecule has 1 aliphatic carbocycles. The average molecular weight is 324 g/mol. The molecule has 2 rings (SSSR count).